The predicted octanol–water partition coefficient (Wildman–Crippen LogP) is 0.403. The van der Waals surface area contributed by atoms with Crippen LogP contribution in [0.25, 0.3) is 0 Å². The molecule has 2 amide bonds. The summed E-state index contributed by atoms with van der Waals surface area (Å²) in [5.41, 5.74) is 7.70. The van der Waals surface area contributed by atoms with Crippen LogP contribution in [0.3, 0.4) is 0 Å². The molecule has 118 valence electrons. The molecule has 1 aromatic carbocycles. The van der Waals surface area contributed by atoms with Crippen LogP contribution in [-0.4, -0.2) is 33.8 Å². The quantitative estimate of drug-likeness (QED) is 0.827. The Balaban J connectivity index is 1.74. The third-order valence-corrected chi connectivity index (χ3v) is 3.73. The highest BCUT2D eigenvalue weighted by Gasteiger charge is 2.27. The van der Waals surface area contributed by atoms with Gasteiger partial charge in [-0.25, -0.2) is 9.97 Å². The Bertz CT molecular complexity index is 758. The molecule has 1 aromatic heterocycles. The maximum absolute atomic E-state index is 11.6. The van der Waals surface area contributed by atoms with E-state index >= 15 is 0 Å². The Hall–Kier alpha value is -2.96. The molecule has 7 heteroatoms. The number of nitrogens with zero attached hydrogens (tertiary/aromatic N) is 3. The number of hydrogen-bond donors (Lipinski definition) is 1. The summed E-state index contributed by atoms with van der Waals surface area (Å²) in [6.45, 7) is 0.606. The van der Waals surface area contributed by atoms with Gasteiger partial charge in [-0.3, -0.25) is 9.59 Å². The van der Waals surface area contributed by atoms with Crippen molar-refractivity contribution in [1.82, 2.24) is 14.9 Å². The Morgan fingerprint density at radius 1 is 1.26 bits per heavy atom. The van der Waals surface area contributed by atoms with Crippen molar-refractivity contribution in [1.29, 1.82) is 0 Å². The van der Waals surface area contributed by atoms with Crippen LogP contribution in [0.2, 0.25) is 0 Å². The van der Waals surface area contributed by atoms with Crippen molar-refractivity contribution in [3.8, 4) is 5.75 Å². The fourth-order valence-corrected chi connectivity index (χ4v) is 2.51. The largest absolute Gasteiger partial charge is 0.497 e. The van der Waals surface area contributed by atoms with E-state index in [0.717, 1.165) is 22.6 Å². The molecule has 2 N–H and O–H groups in total. The molecule has 23 heavy (non-hydrogen) atoms. The highest BCUT2D eigenvalue weighted by atomic mass is 16.5. The minimum Gasteiger partial charge on any atom is -0.497 e. The zero-order valence-corrected chi connectivity index (χ0v) is 12.7. The number of carbonyl (C=O) groups is 2. The second-order valence-electron chi connectivity index (χ2n) is 5.31. The monoisotopic (exact) mass is 312 g/mol. The first-order valence-corrected chi connectivity index (χ1v) is 7.12. The SMILES string of the molecule is COc1ccc(Cc2ncc3c(n2)CN(C(=O)C(N)=O)C3)cc1. The third-order valence-electron chi connectivity index (χ3n) is 3.73. The second-order valence-corrected chi connectivity index (χ2v) is 5.31. The average molecular weight is 312 g/mol. The molecule has 0 saturated heterocycles. The van der Waals surface area contributed by atoms with E-state index in [-0.39, 0.29) is 6.54 Å². The first-order valence-electron chi connectivity index (χ1n) is 7.12. The lowest BCUT2D eigenvalue weighted by Gasteiger charge is -2.11. The van der Waals surface area contributed by atoms with E-state index < -0.39 is 11.8 Å². The lowest BCUT2D eigenvalue weighted by molar-refractivity contribution is -0.144. The van der Waals surface area contributed by atoms with Crippen LogP contribution in [0, 0.1) is 0 Å². The van der Waals surface area contributed by atoms with Crippen molar-refractivity contribution < 1.29 is 14.3 Å². The number of amides is 2. The van der Waals surface area contributed by atoms with E-state index in [0.29, 0.717) is 18.8 Å². The third kappa shape index (κ3) is 3.13. The van der Waals surface area contributed by atoms with Gasteiger partial charge in [-0.15, -0.1) is 0 Å². The van der Waals surface area contributed by atoms with Crippen molar-refractivity contribution in [2.75, 3.05) is 7.11 Å². The molecule has 0 unspecified atom stereocenters. The normalized spacial score (nSPS) is 12.8. The molecule has 0 bridgehead atoms. The lowest BCUT2D eigenvalue weighted by Crippen LogP contribution is -2.36. The van der Waals surface area contributed by atoms with Crippen LogP contribution in [0.1, 0.15) is 22.6 Å². The Morgan fingerprint density at radius 3 is 2.65 bits per heavy atom. The summed E-state index contributed by atoms with van der Waals surface area (Å²) >= 11 is 0. The van der Waals surface area contributed by atoms with Crippen molar-refractivity contribution in [2.24, 2.45) is 5.73 Å². The minimum atomic E-state index is -0.954. The van der Waals surface area contributed by atoms with Crippen LogP contribution in [0.5, 0.6) is 5.75 Å². The van der Waals surface area contributed by atoms with Gasteiger partial charge in [0.15, 0.2) is 0 Å². The van der Waals surface area contributed by atoms with E-state index in [9.17, 15) is 9.59 Å². The van der Waals surface area contributed by atoms with Gasteiger partial charge in [0.25, 0.3) is 0 Å². The summed E-state index contributed by atoms with van der Waals surface area (Å²) in [5.74, 6) is -0.185. The van der Waals surface area contributed by atoms with Crippen molar-refractivity contribution in [2.45, 2.75) is 19.5 Å². The fraction of sp³-hybridized carbons (Fsp3) is 0.250. The number of methoxy groups -OCH3 is 1. The summed E-state index contributed by atoms with van der Waals surface area (Å²) in [7, 11) is 1.62. The summed E-state index contributed by atoms with van der Waals surface area (Å²) in [6, 6.07) is 7.68. The number of rotatable bonds is 3. The number of hydrogen-bond acceptors (Lipinski definition) is 5. The molecule has 0 fully saturated rings. The van der Waals surface area contributed by atoms with Crippen LogP contribution in [-0.2, 0) is 29.1 Å². The van der Waals surface area contributed by atoms with Gasteiger partial charge in [-0.1, -0.05) is 12.1 Å². The fourth-order valence-electron chi connectivity index (χ4n) is 2.51. The van der Waals surface area contributed by atoms with Crippen LogP contribution >= 0.6 is 0 Å². The zero-order valence-electron chi connectivity index (χ0n) is 12.7. The average Bonchev–Trinajstić information content (AvgIpc) is 2.98. The van der Waals surface area contributed by atoms with Gasteiger partial charge in [0.05, 0.1) is 19.3 Å². The second kappa shape index (κ2) is 6.04. The first kappa shape index (κ1) is 15.0. The summed E-state index contributed by atoms with van der Waals surface area (Å²) < 4.78 is 5.13. The summed E-state index contributed by atoms with van der Waals surface area (Å²) in [4.78, 5) is 32.8. The molecule has 0 saturated carbocycles. The van der Waals surface area contributed by atoms with Crippen LogP contribution < -0.4 is 10.5 Å². The van der Waals surface area contributed by atoms with Crippen molar-refractivity contribution in [3.63, 3.8) is 0 Å². The Kier molecular flexibility index (Phi) is 3.92. The maximum atomic E-state index is 11.6. The predicted molar refractivity (Wildman–Crippen MR) is 81.3 cm³/mol. The van der Waals surface area contributed by atoms with E-state index in [4.69, 9.17) is 10.5 Å². The summed E-state index contributed by atoms with van der Waals surface area (Å²) in [6.07, 6.45) is 2.29. The standard InChI is InChI=1S/C16H16N4O3/c1-23-12-4-2-10(3-5-12)6-14-18-7-11-8-20(9-13(11)19-14)16(22)15(17)21/h2-5,7H,6,8-9H2,1H3,(H2,17,21). The van der Waals surface area contributed by atoms with Gasteiger partial charge in [0.2, 0.25) is 0 Å². The summed E-state index contributed by atoms with van der Waals surface area (Å²) in [5, 5.41) is 0. The van der Waals surface area contributed by atoms with Gasteiger partial charge >= 0.3 is 11.8 Å². The highest BCUT2D eigenvalue weighted by molar-refractivity contribution is 6.34. The lowest BCUT2D eigenvalue weighted by atomic mass is 10.1. The molecule has 2 heterocycles. The number of carbonyl (C=O) groups excluding carboxylic acids is 2. The van der Waals surface area contributed by atoms with Gasteiger partial charge in [-0.2, -0.15) is 0 Å². The minimum absolute atomic E-state index is 0.287. The number of fused-ring (bicyclic) bond motifs is 1. The topological polar surface area (TPSA) is 98.4 Å². The van der Waals surface area contributed by atoms with Crippen LogP contribution in [0.4, 0.5) is 0 Å². The molecule has 0 radical (unpaired) electrons. The molecule has 2 aromatic rings. The molecule has 0 atom stereocenters. The van der Waals surface area contributed by atoms with Gasteiger partial charge in [0, 0.05) is 24.7 Å². The number of ether oxygens (including phenoxy) is 1. The zero-order chi connectivity index (χ0) is 16.4. The number of benzene rings is 1. The molecule has 1 aliphatic heterocycles. The van der Waals surface area contributed by atoms with E-state index in [1.165, 1.54) is 4.90 Å². The van der Waals surface area contributed by atoms with Gasteiger partial charge < -0.3 is 15.4 Å². The van der Waals surface area contributed by atoms with Crippen molar-refractivity contribution >= 4 is 11.8 Å². The Morgan fingerprint density at radius 2 is 2.00 bits per heavy atom. The molecular formula is C16H16N4O3. The maximum Gasteiger partial charge on any atom is 0.312 e. The molecular weight excluding hydrogens is 296 g/mol. The molecule has 7 nitrogen and oxygen atoms in total. The van der Waals surface area contributed by atoms with E-state index in [1.54, 1.807) is 13.3 Å². The van der Waals surface area contributed by atoms with E-state index in [2.05, 4.69) is 9.97 Å². The molecule has 1 aliphatic rings. The van der Waals surface area contributed by atoms with Gasteiger partial charge in [-0.05, 0) is 17.7 Å². The number of aromatic nitrogens is 2. The molecule has 3 rings (SSSR count). The Labute approximate surface area is 133 Å². The van der Waals surface area contributed by atoms with E-state index in [1.807, 2.05) is 24.3 Å². The van der Waals surface area contributed by atoms with Gasteiger partial charge in [0.1, 0.15) is 11.6 Å². The highest BCUT2D eigenvalue weighted by Crippen LogP contribution is 2.21. The molecule has 0 aliphatic carbocycles. The number of nitrogens with two attached hydrogens (primary N) is 1. The number of primary amides is 1. The first-order chi connectivity index (χ1) is 11.1. The smallest absolute Gasteiger partial charge is 0.312 e. The van der Waals surface area contributed by atoms with Crippen molar-refractivity contribution in [3.05, 3.63) is 53.1 Å². The van der Waals surface area contributed by atoms with Crippen LogP contribution in [0.15, 0.2) is 30.5 Å². The molecule has 0 spiro atoms.